The van der Waals surface area contributed by atoms with Crippen LogP contribution in [0.5, 0.6) is 0 Å². The molecule has 0 atom stereocenters. The summed E-state index contributed by atoms with van der Waals surface area (Å²) in [5.41, 5.74) is 4.13. The number of nitrogens with zero attached hydrogens (tertiary/aromatic N) is 1. The van der Waals surface area contributed by atoms with Crippen molar-refractivity contribution in [1.82, 2.24) is 0 Å². The number of aryl methyl sites for hydroxylation is 2. The molecule has 0 unspecified atom stereocenters. The molecular formula is C17H15ClINO. The normalized spacial score (nSPS) is 14.0. The topological polar surface area (TPSA) is 20.3 Å². The molecule has 2 nitrogen and oxygen atoms in total. The highest BCUT2D eigenvalue weighted by Gasteiger charge is 2.25. The molecule has 0 saturated carbocycles. The van der Waals surface area contributed by atoms with E-state index < -0.39 is 0 Å². The molecule has 0 fully saturated rings. The van der Waals surface area contributed by atoms with Gasteiger partial charge in [-0.15, -0.1) is 0 Å². The van der Waals surface area contributed by atoms with Gasteiger partial charge < -0.3 is 4.90 Å². The van der Waals surface area contributed by atoms with E-state index in [-0.39, 0.29) is 5.91 Å². The Morgan fingerprint density at radius 3 is 2.86 bits per heavy atom. The SMILES string of the molecule is Cc1cccc2c1N(C(=O)c1ccc(I)c(Cl)c1)CCC2. The van der Waals surface area contributed by atoms with Crippen molar-refractivity contribution < 1.29 is 4.79 Å². The first kappa shape index (κ1) is 14.9. The summed E-state index contributed by atoms with van der Waals surface area (Å²) >= 11 is 8.32. The molecule has 1 aliphatic heterocycles. The lowest BCUT2D eigenvalue weighted by molar-refractivity contribution is 0.0985. The lowest BCUT2D eigenvalue weighted by Crippen LogP contribution is -2.36. The van der Waals surface area contributed by atoms with Gasteiger partial charge in [-0.25, -0.2) is 0 Å². The highest BCUT2D eigenvalue weighted by Crippen LogP contribution is 2.32. The Hall–Kier alpha value is -1.07. The summed E-state index contributed by atoms with van der Waals surface area (Å²) in [7, 11) is 0. The van der Waals surface area contributed by atoms with Gasteiger partial charge in [0.1, 0.15) is 0 Å². The van der Waals surface area contributed by atoms with E-state index >= 15 is 0 Å². The number of rotatable bonds is 1. The van der Waals surface area contributed by atoms with E-state index in [0.717, 1.165) is 34.2 Å². The number of hydrogen-bond acceptors (Lipinski definition) is 1. The first-order valence-electron chi connectivity index (χ1n) is 6.93. The highest BCUT2D eigenvalue weighted by molar-refractivity contribution is 14.1. The average Bonchev–Trinajstić information content (AvgIpc) is 2.49. The van der Waals surface area contributed by atoms with E-state index in [1.165, 1.54) is 5.56 Å². The first-order valence-corrected chi connectivity index (χ1v) is 8.39. The van der Waals surface area contributed by atoms with Gasteiger partial charge in [-0.1, -0.05) is 29.8 Å². The Kier molecular flexibility index (Phi) is 4.22. The van der Waals surface area contributed by atoms with Crippen molar-refractivity contribution in [2.24, 2.45) is 0 Å². The third-order valence-electron chi connectivity index (χ3n) is 3.83. The van der Waals surface area contributed by atoms with Gasteiger partial charge in [-0.2, -0.15) is 0 Å². The second kappa shape index (κ2) is 5.97. The Labute approximate surface area is 143 Å². The number of halogens is 2. The maximum Gasteiger partial charge on any atom is 0.258 e. The molecule has 3 rings (SSSR count). The second-order valence-corrected chi connectivity index (χ2v) is 6.84. The monoisotopic (exact) mass is 411 g/mol. The molecule has 0 aromatic heterocycles. The first-order chi connectivity index (χ1) is 10.1. The standard InChI is InChI=1S/C17H15ClINO/c1-11-4-2-5-12-6-3-9-20(16(11)12)17(21)13-7-8-15(19)14(18)10-13/h2,4-5,7-8,10H,3,6,9H2,1H3. The molecule has 0 bridgehead atoms. The van der Waals surface area contributed by atoms with Gasteiger partial charge in [0.05, 0.1) is 10.7 Å². The molecule has 4 heteroatoms. The summed E-state index contributed by atoms with van der Waals surface area (Å²) < 4.78 is 0.959. The van der Waals surface area contributed by atoms with Crippen LogP contribution in [0.1, 0.15) is 27.9 Å². The number of benzene rings is 2. The quantitative estimate of drug-likeness (QED) is 0.615. The number of carbonyl (C=O) groups excluding carboxylic acids is 1. The summed E-state index contributed by atoms with van der Waals surface area (Å²) in [6.07, 6.45) is 2.04. The van der Waals surface area contributed by atoms with Crippen molar-refractivity contribution in [2.45, 2.75) is 19.8 Å². The number of hydrogen-bond donors (Lipinski definition) is 0. The average molecular weight is 412 g/mol. The van der Waals surface area contributed by atoms with Gasteiger partial charge in [-0.05, 0) is 71.7 Å². The zero-order valence-corrected chi connectivity index (χ0v) is 14.6. The number of carbonyl (C=O) groups is 1. The molecule has 0 aliphatic carbocycles. The maximum absolute atomic E-state index is 12.8. The highest BCUT2D eigenvalue weighted by atomic mass is 127. The van der Waals surface area contributed by atoms with Crippen molar-refractivity contribution in [3.8, 4) is 0 Å². The lowest BCUT2D eigenvalue weighted by atomic mass is 9.97. The van der Waals surface area contributed by atoms with Crippen molar-refractivity contribution in [2.75, 3.05) is 11.4 Å². The molecular weight excluding hydrogens is 397 g/mol. The van der Waals surface area contributed by atoms with E-state index in [2.05, 4.69) is 47.7 Å². The predicted octanol–water partition coefficient (Wildman–Crippen LogP) is 4.85. The molecule has 0 spiro atoms. The number of fused-ring (bicyclic) bond motifs is 1. The minimum Gasteiger partial charge on any atom is -0.308 e. The van der Waals surface area contributed by atoms with Crippen LogP contribution in [-0.2, 0) is 6.42 Å². The third kappa shape index (κ3) is 2.81. The minimum absolute atomic E-state index is 0.0311. The fourth-order valence-corrected chi connectivity index (χ4v) is 3.35. The van der Waals surface area contributed by atoms with Crippen LogP contribution in [0.3, 0.4) is 0 Å². The van der Waals surface area contributed by atoms with E-state index in [0.29, 0.717) is 10.6 Å². The largest absolute Gasteiger partial charge is 0.308 e. The molecule has 2 aromatic rings. The van der Waals surface area contributed by atoms with Crippen LogP contribution in [0.2, 0.25) is 5.02 Å². The van der Waals surface area contributed by atoms with E-state index in [1.54, 1.807) is 6.07 Å². The Bertz CT molecular complexity index is 714. The number of para-hydroxylation sites is 1. The Morgan fingerprint density at radius 2 is 2.10 bits per heavy atom. The molecule has 0 N–H and O–H groups in total. The van der Waals surface area contributed by atoms with E-state index in [1.807, 2.05) is 17.0 Å². The smallest absolute Gasteiger partial charge is 0.258 e. The summed E-state index contributed by atoms with van der Waals surface area (Å²) in [5, 5.41) is 0.628. The number of anilines is 1. The van der Waals surface area contributed by atoms with Crippen molar-refractivity contribution in [1.29, 1.82) is 0 Å². The number of amides is 1. The lowest BCUT2D eigenvalue weighted by Gasteiger charge is -2.31. The molecule has 1 amide bonds. The summed E-state index contributed by atoms with van der Waals surface area (Å²) in [4.78, 5) is 14.7. The fraction of sp³-hybridized carbons (Fsp3) is 0.235. The van der Waals surface area contributed by atoms with Gasteiger partial charge in [0.25, 0.3) is 5.91 Å². The van der Waals surface area contributed by atoms with Crippen LogP contribution >= 0.6 is 34.2 Å². The second-order valence-electron chi connectivity index (χ2n) is 5.27. The van der Waals surface area contributed by atoms with Crippen LogP contribution in [0, 0.1) is 10.5 Å². The van der Waals surface area contributed by atoms with Crippen molar-refractivity contribution >= 4 is 45.8 Å². The van der Waals surface area contributed by atoms with Gasteiger partial charge in [0.15, 0.2) is 0 Å². The molecule has 0 saturated heterocycles. The van der Waals surface area contributed by atoms with Crippen LogP contribution in [0.25, 0.3) is 0 Å². The van der Waals surface area contributed by atoms with Crippen LogP contribution in [0.15, 0.2) is 36.4 Å². The Morgan fingerprint density at radius 1 is 1.29 bits per heavy atom. The Balaban J connectivity index is 2.02. The predicted molar refractivity (Wildman–Crippen MR) is 95.3 cm³/mol. The van der Waals surface area contributed by atoms with Gasteiger partial charge in [0.2, 0.25) is 0 Å². The van der Waals surface area contributed by atoms with Gasteiger partial charge >= 0.3 is 0 Å². The summed E-state index contributed by atoms with van der Waals surface area (Å²) in [5.74, 6) is 0.0311. The van der Waals surface area contributed by atoms with E-state index in [4.69, 9.17) is 11.6 Å². The van der Waals surface area contributed by atoms with Gasteiger partial charge in [0, 0.05) is 15.7 Å². The zero-order chi connectivity index (χ0) is 15.0. The molecule has 2 aromatic carbocycles. The van der Waals surface area contributed by atoms with Crippen LogP contribution < -0.4 is 4.90 Å². The molecule has 1 aliphatic rings. The minimum atomic E-state index is 0.0311. The van der Waals surface area contributed by atoms with Crippen molar-refractivity contribution in [3.63, 3.8) is 0 Å². The molecule has 0 radical (unpaired) electrons. The van der Waals surface area contributed by atoms with Crippen LogP contribution in [-0.4, -0.2) is 12.5 Å². The maximum atomic E-state index is 12.8. The summed E-state index contributed by atoms with van der Waals surface area (Å²) in [6, 6.07) is 11.7. The molecule has 108 valence electrons. The van der Waals surface area contributed by atoms with Crippen molar-refractivity contribution in [3.05, 3.63) is 61.7 Å². The fourth-order valence-electron chi connectivity index (χ4n) is 2.84. The zero-order valence-electron chi connectivity index (χ0n) is 11.7. The van der Waals surface area contributed by atoms with E-state index in [9.17, 15) is 4.79 Å². The third-order valence-corrected chi connectivity index (χ3v) is 5.40. The van der Waals surface area contributed by atoms with Crippen LogP contribution in [0.4, 0.5) is 5.69 Å². The molecule has 21 heavy (non-hydrogen) atoms. The van der Waals surface area contributed by atoms with Gasteiger partial charge in [-0.3, -0.25) is 4.79 Å². The molecule has 1 heterocycles. The summed E-state index contributed by atoms with van der Waals surface area (Å²) in [6.45, 7) is 2.83.